The first-order chi connectivity index (χ1) is 11.8. The van der Waals surface area contributed by atoms with E-state index < -0.39 is 30.9 Å². The van der Waals surface area contributed by atoms with Gasteiger partial charge in [0.15, 0.2) is 24.8 Å². The lowest BCUT2D eigenvalue weighted by Gasteiger charge is -2.09. The summed E-state index contributed by atoms with van der Waals surface area (Å²) in [5, 5.41) is 2.65. The summed E-state index contributed by atoms with van der Waals surface area (Å²) in [5.41, 5.74) is 2.65. The molecule has 5 nitrogen and oxygen atoms in total. The molecule has 0 aliphatic rings. The summed E-state index contributed by atoms with van der Waals surface area (Å²) in [5.74, 6) is -1.90. The molecule has 0 aliphatic carbocycles. The summed E-state index contributed by atoms with van der Waals surface area (Å²) in [7, 11) is 0. The van der Waals surface area contributed by atoms with Crippen LogP contribution in [0.15, 0.2) is 40.9 Å². The third kappa shape index (κ3) is 6.19. The molecule has 0 atom stereocenters. The van der Waals surface area contributed by atoms with E-state index in [0.29, 0.717) is 10.2 Å². The summed E-state index contributed by atoms with van der Waals surface area (Å²) in [6.45, 7) is 2.90. The van der Waals surface area contributed by atoms with Gasteiger partial charge in [-0.05, 0) is 55.3 Å². The molecule has 2 aromatic carbocycles. The zero-order valence-corrected chi connectivity index (χ0v) is 15.4. The molecular weight excluding hydrogens is 393 g/mol. The molecular formula is C18H17BrFNO4. The Balaban J connectivity index is 1.78. The number of halogens is 2. The zero-order chi connectivity index (χ0) is 18.4. The second kappa shape index (κ2) is 8.62. The van der Waals surface area contributed by atoms with Crippen LogP contribution in [0, 0.1) is 19.7 Å². The first kappa shape index (κ1) is 18.9. The number of nitrogens with one attached hydrogen (secondary N) is 1. The van der Waals surface area contributed by atoms with Crippen LogP contribution in [0.1, 0.15) is 11.1 Å². The Morgan fingerprint density at radius 3 is 2.40 bits per heavy atom. The van der Waals surface area contributed by atoms with E-state index in [4.69, 9.17) is 9.47 Å². The van der Waals surface area contributed by atoms with Crippen LogP contribution < -0.4 is 10.1 Å². The van der Waals surface area contributed by atoms with Gasteiger partial charge in [-0.2, -0.15) is 0 Å². The minimum Gasteiger partial charge on any atom is -0.479 e. The predicted octanol–water partition coefficient (Wildman–Crippen LogP) is 3.77. The number of carbonyl (C=O) groups excluding carboxylic acids is 2. The van der Waals surface area contributed by atoms with Crippen LogP contribution in [0.3, 0.4) is 0 Å². The number of rotatable bonds is 6. The highest BCUT2D eigenvalue weighted by Gasteiger charge is 2.11. The van der Waals surface area contributed by atoms with Crippen molar-refractivity contribution in [3.63, 3.8) is 0 Å². The van der Waals surface area contributed by atoms with Crippen LogP contribution in [0.4, 0.5) is 10.1 Å². The first-order valence-electron chi connectivity index (χ1n) is 7.45. The van der Waals surface area contributed by atoms with Crippen molar-refractivity contribution in [1.82, 2.24) is 0 Å². The third-order valence-corrected chi connectivity index (χ3v) is 3.60. The maximum absolute atomic E-state index is 13.6. The molecule has 2 aromatic rings. The third-order valence-electron chi connectivity index (χ3n) is 3.11. The molecule has 0 radical (unpaired) electrons. The largest absolute Gasteiger partial charge is 0.479 e. The number of benzene rings is 2. The lowest BCUT2D eigenvalue weighted by atomic mass is 10.1. The number of aryl methyl sites for hydroxylation is 2. The molecule has 132 valence electrons. The van der Waals surface area contributed by atoms with E-state index in [-0.39, 0.29) is 5.75 Å². The Morgan fingerprint density at radius 2 is 1.76 bits per heavy atom. The highest BCUT2D eigenvalue weighted by molar-refractivity contribution is 9.10. The van der Waals surface area contributed by atoms with Crippen molar-refractivity contribution in [3.05, 3.63) is 57.8 Å². The topological polar surface area (TPSA) is 64.6 Å². The quantitative estimate of drug-likeness (QED) is 0.737. The van der Waals surface area contributed by atoms with E-state index in [1.807, 2.05) is 32.0 Å². The molecule has 0 heterocycles. The fraction of sp³-hybridized carbons (Fsp3) is 0.222. The molecule has 1 N–H and O–H groups in total. The van der Waals surface area contributed by atoms with Crippen molar-refractivity contribution < 1.29 is 23.5 Å². The van der Waals surface area contributed by atoms with E-state index >= 15 is 0 Å². The molecule has 1 amide bonds. The number of hydrogen-bond donors (Lipinski definition) is 1. The standard InChI is InChI=1S/C18H17BrFNO4/c1-11-5-12(2)7-14(6-11)21-17(22)9-25-18(23)10-24-16-4-3-13(19)8-15(16)20/h3-8H,9-10H2,1-2H3,(H,21,22). The van der Waals surface area contributed by atoms with E-state index in [0.717, 1.165) is 11.1 Å². The Labute approximate surface area is 153 Å². The fourth-order valence-electron chi connectivity index (χ4n) is 2.16. The molecule has 0 bridgehead atoms. The molecule has 0 fully saturated rings. The van der Waals surface area contributed by atoms with Crippen molar-refractivity contribution in [2.75, 3.05) is 18.5 Å². The van der Waals surface area contributed by atoms with Gasteiger partial charge < -0.3 is 14.8 Å². The number of amides is 1. The SMILES string of the molecule is Cc1cc(C)cc(NC(=O)COC(=O)COc2ccc(Br)cc2F)c1. The van der Waals surface area contributed by atoms with Gasteiger partial charge in [-0.15, -0.1) is 0 Å². The van der Waals surface area contributed by atoms with Crippen LogP contribution in [-0.2, 0) is 14.3 Å². The van der Waals surface area contributed by atoms with Crippen molar-refractivity contribution in [1.29, 1.82) is 0 Å². The van der Waals surface area contributed by atoms with Gasteiger partial charge in [0.25, 0.3) is 5.91 Å². The van der Waals surface area contributed by atoms with Gasteiger partial charge in [0, 0.05) is 10.2 Å². The van der Waals surface area contributed by atoms with Gasteiger partial charge >= 0.3 is 5.97 Å². The predicted molar refractivity (Wildman–Crippen MR) is 95.1 cm³/mol. The number of esters is 1. The van der Waals surface area contributed by atoms with Crippen LogP contribution >= 0.6 is 15.9 Å². The number of ether oxygens (including phenoxy) is 2. The Bertz CT molecular complexity index is 774. The highest BCUT2D eigenvalue weighted by Crippen LogP contribution is 2.21. The van der Waals surface area contributed by atoms with Gasteiger partial charge in [0.2, 0.25) is 0 Å². The van der Waals surface area contributed by atoms with E-state index in [2.05, 4.69) is 21.2 Å². The van der Waals surface area contributed by atoms with Gasteiger partial charge in [-0.25, -0.2) is 9.18 Å². The second-order valence-electron chi connectivity index (χ2n) is 5.45. The minimum atomic E-state index is -0.766. The molecule has 25 heavy (non-hydrogen) atoms. The minimum absolute atomic E-state index is 0.0696. The summed E-state index contributed by atoms with van der Waals surface area (Å²) in [4.78, 5) is 23.4. The Kier molecular flexibility index (Phi) is 6.52. The molecule has 7 heteroatoms. The zero-order valence-electron chi connectivity index (χ0n) is 13.8. The fourth-order valence-corrected chi connectivity index (χ4v) is 2.49. The number of anilines is 1. The van der Waals surface area contributed by atoms with Crippen LogP contribution in [0.2, 0.25) is 0 Å². The molecule has 2 rings (SSSR count). The smallest absolute Gasteiger partial charge is 0.344 e. The Hall–Kier alpha value is -2.41. The van der Waals surface area contributed by atoms with E-state index in [1.54, 1.807) is 6.07 Å². The summed E-state index contributed by atoms with van der Waals surface area (Å²) in [6.07, 6.45) is 0. The highest BCUT2D eigenvalue weighted by atomic mass is 79.9. The molecule has 0 unspecified atom stereocenters. The van der Waals surface area contributed by atoms with Gasteiger partial charge in [0.05, 0.1) is 0 Å². The van der Waals surface area contributed by atoms with Crippen molar-refractivity contribution in [3.8, 4) is 5.75 Å². The molecule has 0 saturated heterocycles. The molecule has 0 saturated carbocycles. The average Bonchev–Trinajstić information content (AvgIpc) is 2.51. The summed E-state index contributed by atoms with van der Waals surface area (Å²) in [6, 6.07) is 9.80. The summed E-state index contributed by atoms with van der Waals surface area (Å²) >= 11 is 3.12. The van der Waals surface area contributed by atoms with E-state index in [1.165, 1.54) is 12.1 Å². The van der Waals surface area contributed by atoms with Crippen molar-refractivity contribution >= 4 is 33.5 Å². The normalized spacial score (nSPS) is 10.2. The first-order valence-corrected chi connectivity index (χ1v) is 8.24. The number of carbonyl (C=O) groups is 2. The van der Waals surface area contributed by atoms with Crippen LogP contribution in [0.25, 0.3) is 0 Å². The lowest BCUT2D eigenvalue weighted by Crippen LogP contribution is -2.23. The van der Waals surface area contributed by atoms with E-state index in [9.17, 15) is 14.0 Å². The van der Waals surface area contributed by atoms with Crippen molar-refractivity contribution in [2.45, 2.75) is 13.8 Å². The molecule has 0 aromatic heterocycles. The van der Waals surface area contributed by atoms with Gasteiger partial charge in [-0.3, -0.25) is 4.79 Å². The van der Waals surface area contributed by atoms with Gasteiger partial charge in [-0.1, -0.05) is 22.0 Å². The molecule has 0 spiro atoms. The lowest BCUT2D eigenvalue weighted by molar-refractivity contribution is -0.149. The van der Waals surface area contributed by atoms with Crippen LogP contribution in [0.5, 0.6) is 5.75 Å². The maximum atomic E-state index is 13.6. The average molecular weight is 410 g/mol. The molecule has 0 aliphatic heterocycles. The van der Waals surface area contributed by atoms with Crippen LogP contribution in [-0.4, -0.2) is 25.1 Å². The number of hydrogen-bond acceptors (Lipinski definition) is 4. The second-order valence-corrected chi connectivity index (χ2v) is 6.36. The van der Waals surface area contributed by atoms with Crippen molar-refractivity contribution in [2.24, 2.45) is 0 Å². The maximum Gasteiger partial charge on any atom is 0.344 e. The Morgan fingerprint density at radius 1 is 1.08 bits per heavy atom. The monoisotopic (exact) mass is 409 g/mol. The van der Waals surface area contributed by atoms with Gasteiger partial charge in [0.1, 0.15) is 0 Å². The summed E-state index contributed by atoms with van der Waals surface area (Å²) < 4.78 is 24.0.